The van der Waals surface area contributed by atoms with Crippen LogP contribution in [0, 0.1) is 5.82 Å². The number of likely N-dealkylation sites (tertiary alicyclic amines) is 1. The van der Waals surface area contributed by atoms with E-state index in [4.69, 9.17) is 5.11 Å². The van der Waals surface area contributed by atoms with Crippen molar-refractivity contribution in [2.24, 2.45) is 0 Å². The molecule has 2 N–H and O–H groups in total. The van der Waals surface area contributed by atoms with Crippen molar-refractivity contribution in [1.82, 2.24) is 4.90 Å². The zero-order valence-corrected chi connectivity index (χ0v) is 10.2. The second kappa shape index (κ2) is 5.71. The van der Waals surface area contributed by atoms with E-state index in [-0.39, 0.29) is 6.03 Å². The smallest absolute Gasteiger partial charge is 0.321 e. The van der Waals surface area contributed by atoms with Gasteiger partial charge in [-0.2, -0.15) is 0 Å². The predicted molar refractivity (Wildman–Crippen MR) is 67.1 cm³/mol. The van der Waals surface area contributed by atoms with Gasteiger partial charge in [-0.25, -0.2) is 9.18 Å². The summed E-state index contributed by atoms with van der Waals surface area (Å²) in [4.78, 5) is 13.7. The van der Waals surface area contributed by atoms with Crippen LogP contribution in [0.15, 0.2) is 18.2 Å². The summed E-state index contributed by atoms with van der Waals surface area (Å²) in [6, 6.07) is 3.62. The molecule has 2 rings (SSSR count). The fourth-order valence-corrected chi connectivity index (χ4v) is 2.06. The molecule has 0 bridgehead atoms. The summed E-state index contributed by atoms with van der Waals surface area (Å²) >= 11 is 0. The number of aromatic hydroxyl groups is 1. The van der Waals surface area contributed by atoms with Crippen molar-refractivity contribution in [1.29, 1.82) is 0 Å². The Balaban J connectivity index is 1.99. The summed E-state index contributed by atoms with van der Waals surface area (Å²) in [6.07, 6.45) is 4.32. The molecule has 4 nitrogen and oxygen atoms in total. The number of nitrogens with one attached hydrogen (secondary N) is 1. The first-order valence-corrected chi connectivity index (χ1v) is 6.21. The number of phenols is 1. The SMILES string of the molecule is O=C(Nc1ccc(O)c(F)c1)N1CCCCCC1. The molecule has 18 heavy (non-hydrogen) atoms. The molecule has 0 radical (unpaired) electrons. The molecule has 0 spiro atoms. The van der Waals surface area contributed by atoms with Gasteiger partial charge < -0.3 is 15.3 Å². The highest BCUT2D eigenvalue weighted by Crippen LogP contribution is 2.20. The van der Waals surface area contributed by atoms with Crippen LogP contribution >= 0.6 is 0 Å². The van der Waals surface area contributed by atoms with Gasteiger partial charge in [-0.15, -0.1) is 0 Å². The molecule has 1 aromatic rings. The van der Waals surface area contributed by atoms with E-state index < -0.39 is 11.6 Å². The first kappa shape index (κ1) is 12.7. The van der Waals surface area contributed by atoms with Crippen molar-refractivity contribution in [3.63, 3.8) is 0 Å². The molecular weight excluding hydrogens is 235 g/mol. The van der Waals surface area contributed by atoms with Crippen LogP contribution in [0.1, 0.15) is 25.7 Å². The third-order valence-corrected chi connectivity index (χ3v) is 3.09. The summed E-state index contributed by atoms with van der Waals surface area (Å²) < 4.78 is 13.1. The van der Waals surface area contributed by atoms with E-state index in [1.807, 2.05) is 0 Å². The summed E-state index contributed by atoms with van der Waals surface area (Å²) in [5.74, 6) is -1.15. The normalized spacial score (nSPS) is 16.2. The van der Waals surface area contributed by atoms with Crippen LogP contribution in [0.5, 0.6) is 5.75 Å². The number of urea groups is 1. The molecule has 1 aliphatic rings. The molecule has 0 saturated carbocycles. The number of hydrogen-bond acceptors (Lipinski definition) is 2. The van der Waals surface area contributed by atoms with Crippen LogP contribution in [-0.4, -0.2) is 29.1 Å². The number of rotatable bonds is 1. The highest BCUT2D eigenvalue weighted by molar-refractivity contribution is 5.89. The van der Waals surface area contributed by atoms with E-state index in [2.05, 4.69) is 5.32 Å². The predicted octanol–water partition coefficient (Wildman–Crippen LogP) is 2.94. The van der Waals surface area contributed by atoms with Crippen molar-refractivity contribution < 1.29 is 14.3 Å². The van der Waals surface area contributed by atoms with Crippen molar-refractivity contribution >= 4 is 11.7 Å². The molecule has 98 valence electrons. The molecule has 2 amide bonds. The maximum Gasteiger partial charge on any atom is 0.321 e. The maximum absolute atomic E-state index is 13.1. The van der Waals surface area contributed by atoms with Gasteiger partial charge in [-0.1, -0.05) is 12.8 Å². The lowest BCUT2D eigenvalue weighted by Crippen LogP contribution is -2.35. The van der Waals surface area contributed by atoms with Crippen LogP contribution in [0.25, 0.3) is 0 Å². The molecule has 1 fully saturated rings. The van der Waals surface area contributed by atoms with Gasteiger partial charge in [0.05, 0.1) is 0 Å². The van der Waals surface area contributed by atoms with E-state index in [9.17, 15) is 9.18 Å². The Morgan fingerprint density at radius 2 is 1.89 bits per heavy atom. The van der Waals surface area contributed by atoms with Crippen LogP contribution in [-0.2, 0) is 0 Å². The lowest BCUT2D eigenvalue weighted by Gasteiger charge is -2.20. The first-order valence-electron chi connectivity index (χ1n) is 6.21. The Hall–Kier alpha value is -1.78. The Bertz CT molecular complexity index is 429. The number of benzene rings is 1. The zero-order valence-electron chi connectivity index (χ0n) is 10.2. The van der Waals surface area contributed by atoms with E-state index in [1.165, 1.54) is 12.1 Å². The van der Waals surface area contributed by atoms with E-state index in [0.717, 1.165) is 44.8 Å². The van der Waals surface area contributed by atoms with Crippen molar-refractivity contribution in [3.8, 4) is 5.75 Å². The number of amides is 2. The Morgan fingerprint density at radius 1 is 1.22 bits per heavy atom. The number of hydrogen-bond donors (Lipinski definition) is 2. The monoisotopic (exact) mass is 252 g/mol. The molecule has 5 heteroatoms. The van der Waals surface area contributed by atoms with Gasteiger partial charge in [-0.05, 0) is 25.0 Å². The summed E-state index contributed by atoms with van der Waals surface area (Å²) in [6.45, 7) is 1.48. The lowest BCUT2D eigenvalue weighted by atomic mass is 10.2. The molecule has 0 aromatic heterocycles. The zero-order chi connectivity index (χ0) is 13.0. The van der Waals surface area contributed by atoms with Crippen molar-refractivity contribution in [2.45, 2.75) is 25.7 Å². The van der Waals surface area contributed by atoms with Crippen LogP contribution in [0.4, 0.5) is 14.9 Å². The second-order valence-corrected chi connectivity index (χ2v) is 4.50. The topological polar surface area (TPSA) is 52.6 Å². The van der Waals surface area contributed by atoms with Crippen LogP contribution < -0.4 is 5.32 Å². The quantitative estimate of drug-likeness (QED) is 0.755. The fourth-order valence-electron chi connectivity index (χ4n) is 2.06. The molecule has 0 unspecified atom stereocenters. The lowest BCUT2D eigenvalue weighted by molar-refractivity contribution is 0.214. The van der Waals surface area contributed by atoms with Crippen molar-refractivity contribution in [2.75, 3.05) is 18.4 Å². The summed E-state index contributed by atoms with van der Waals surface area (Å²) in [7, 11) is 0. The molecule has 1 aliphatic heterocycles. The first-order chi connectivity index (χ1) is 8.66. The Kier molecular flexibility index (Phi) is 4.02. The highest BCUT2D eigenvalue weighted by Gasteiger charge is 2.15. The van der Waals surface area contributed by atoms with Gasteiger partial charge >= 0.3 is 6.03 Å². The third kappa shape index (κ3) is 3.12. The van der Waals surface area contributed by atoms with Gasteiger partial charge in [-0.3, -0.25) is 0 Å². The maximum atomic E-state index is 13.1. The van der Waals surface area contributed by atoms with Crippen LogP contribution in [0.3, 0.4) is 0 Å². The molecular formula is C13H17FN2O2. The van der Waals surface area contributed by atoms with E-state index in [1.54, 1.807) is 4.90 Å². The molecule has 1 saturated heterocycles. The second-order valence-electron chi connectivity index (χ2n) is 4.50. The molecule has 0 aliphatic carbocycles. The minimum Gasteiger partial charge on any atom is -0.505 e. The number of carbonyl (C=O) groups excluding carboxylic acids is 1. The van der Waals surface area contributed by atoms with E-state index in [0.29, 0.717) is 5.69 Å². The van der Waals surface area contributed by atoms with Gasteiger partial charge in [0.25, 0.3) is 0 Å². The van der Waals surface area contributed by atoms with Gasteiger partial charge in [0, 0.05) is 24.8 Å². The largest absolute Gasteiger partial charge is 0.505 e. The Labute approximate surface area is 105 Å². The standard InChI is InChI=1S/C13H17FN2O2/c14-11-9-10(5-6-12(11)17)15-13(18)16-7-3-1-2-4-8-16/h5-6,9,17H,1-4,7-8H2,(H,15,18). The number of halogens is 1. The van der Waals surface area contributed by atoms with Gasteiger partial charge in [0.15, 0.2) is 11.6 Å². The minimum absolute atomic E-state index is 0.206. The molecule has 1 heterocycles. The Morgan fingerprint density at radius 3 is 2.50 bits per heavy atom. The molecule has 0 atom stereocenters. The number of nitrogens with zero attached hydrogens (tertiary/aromatic N) is 1. The van der Waals surface area contributed by atoms with E-state index >= 15 is 0 Å². The minimum atomic E-state index is -0.733. The van der Waals surface area contributed by atoms with Gasteiger partial charge in [0.1, 0.15) is 0 Å². The average Bonchev–Trinajstić information content (AvgIpc) is 2.62. The fraction of sp³-hybridized carbons (Fsp3) is 0.462. The number of anilines is 1. The highest BCUT2D eigenvalue weighted by atomic mass is 19.1. The number of carbonyl (C=O) groups is 1. The van der Waals surface area contributed by atoms with Crippen LogP contribution in [0.2, 0.25) is 0 Å². The number of phenolic OH excluding ortho intramolecular Hbond substituents is 1. The molecule has 1 aromatic carbocycles. The average molecular weight is 252 g/mol. The van der Waals surface area contributed by atoms with Crippen molar-refractivity contribution in [3.05, 3.63) is 24.0 Å². The third-order valence-electron chi connectivity index (χ3n) is 3.09. The van der Waals surface area contributed by atoms with Gasteiger partial charge in [0.2, 0.25) is 0 Å². The summed E-state index contributed by atoms with van der Waals surface area (Å²) in [5, 5.41) is 11.7. The summed E-state index contributed by atoms with van der Waals surface area (Å²) in [5.41, 5.74) is 0.361.